The smallest absolute Gasteiger partial charge is 0.133 e. The highest BCUT2D eigenvalue weighted by Gasteiger charge is 2.10. The molecule has 3 nitrogen and oxygen atoms in total. The average Bonchev–Trinajstić information content (AvgIpc) is 2.36. The van der Waals surface area contributed by atoms with Gasteiger partial charge in [-0.3, -0.25) is 0 Å². The van der Waals surface area contributed by atoms with E-state index in [1.807, 2.05) is 6.07 Å². The summed E-state index contributed by atoms with van der Waals surface area (Å²) in [5.41, 5.74) is 1.33. The molecule has 0 fully saturated rings. The molecule has 1 aromatic carbocycles. The molecule has 0 bridgehead atoms. The van der Waals surface area contributed by atoms with Gasteiger partial charge in [0.2, 0.25) is 0 Å². The Balaban J connectivity index is 2.64. The minimum Gasteiger partial charge on any atom is -0.496 e. The molecule has 19 heavy (non-hydrogen) atoms. The van der Waals surface area contributed by atoms with Crippen LogP contribution < -0.4 is 10.1 Å². The molecule has 1 aromatic rings. The van der Waals surface area contributed by atoms with E-state index in [-0.39, 0.29) is 0 Å². The maximum atomic E-state index is 5.26. The molecule has 0 saturated carbocycles. The highest BCUT2D eigenvalue weighted by molar-refractivity contribution is 9.10. The lowest BCUT2D eigenvalue weighted by atomic mass is 10.0. The highest BCUT2D eigenvalue weighted by Crippen LogP contribution is 2.26. The van der Waals surface area contributed by atoms with Crippen molar-refractivity contribution in [2.24, 2.45) is 0 Å². The number of halogens is 1. The molecule has 0 heterocycles. The number of nitrogens with zero attached hydrogens (tertiary/aromatic N) is 1. The molecule has 0 spiro atoms. The van der Waals surface area contributed by atoms with E-state index in [2.05, 4.69) is 59.3 Å². The van der Waals surface area contributed by atoms with Crippen LogP contribution in [0.3, 0.4) is 0 Å². The van der Waals surface area contributed by atoms with Crippen LogP contribution in [0, 0.1) is 0 Å². The predicted octanol–water partition coefficient (Wildman–Crippen LogP) is 2.93. The van der Waals surface area contributed by atoms with Crippen molar-refractivity contribution in [3.63, 3.8) is 0 Å². The van der Waals surface area contributed by atoms with Gasteiger partial charge in [-0.05, 0) is 73.7 Å². The van der Waals surface area contributed by atoms with Crippen LogP contribution in [-0.4, -0.2) is 45.2 Å². The molecule has 0 saturated heterocycles. The number of hydrogen-bond donors (Lipinski definition) is 1. The Bertz CT molecular complexity index is 382. The van der Waals surface area contributed by atoms with Crippen LogP contribution in [0.1, 0.15) is 18.9 Å². The highest BCUT2D eigenvalue weighted by atomic mass is 79.9. The van der Waals surface area contributed by atoms with E-state index < -0.39 is 0 Å². The fourth-order valence-electron chi connectivity index (χ4n) is 2.10. The second-order valence-corrected chi connectivity index (χ2v) is 5.87. The molecule has 1 rings (SSSR count). The number of ether oxygens (including phenoxy) is 1. The fourth-order valence-corrected chi connectivity index (χ4v) is 2.69. The molecule has 0 amide bonds. The molecular weight excluding hydrogens is 304 g/mol. The van der Waals surface area contributed by atoms with Crippen molar-refractivity contribution >= 4 is 15.9 Å². The van der Waals surface area contributed by atoms with Crippen LogP contribution in [-0.2, 0) is 6.42 Å². The molecular formula is C15H25BrN2O. The summed E-state index contributed by atoms with van der Waals surface area (Å²) in [5.74, 6) is 0.886. The van der Waals surface area contributed by atoms with Gasteiger partial charge in [0.25, 0.3) is 0 Å². The van der Waals surface area contributed by atoms with Crippen LogP contribution in [0.15, 0.2) is 22.7 Å². The monoisotopic (exact) mass is 328 g/mol. The number of methoxy groups -OCH3 is 1. The van der Waals surface area contributed by atoms with Crippen molar-refractivity contribution in [2.75, 3.05) is 34.3 Å². The summed E-state index contributed by atoms with van der Waals surface area (Å²) in [6, 6.07) is 6.84. The standard InChI is InChI=1S/C15H25BrN2O/c1-5-17-13(8-9-18(2)3)10-12-6-7-15(19-4)14(16)11-12/h6-7,11,13,17H,5,8-10H2,1-4H3. The zero-order valence-electron chi connectivity index (χ0n) is 12.4. The van der Waals surface area contributed by atoms with E-state index in [1.165, 1.54) is 5.56 Å². The van der Waals surface area contributed by atoms with Gasteiger partial charge in [0.1, 0.15) is 5.75 Å². The minimum absolute atomic E-state index is 0.521. The molecule has 108 valence electrons. The quantitative estimate of drug-likeness (QED) is 0.794. The summed E-state index contributed by atoms with van der Waals surface area (Å²) in [6.45, 7) is 4.27. The maximum Gasteiger partial charge on any atom is 0.133 e. The van der Waals surface area contributed by atoms with E-state index >= 15 is 0 Å². The summed E-state index contributed by atoms with van der Waals surface area (Å²) in [6.07, 6.45) is 2.20. The van der Waals surface area contributed by atoms with E-state index in [4.69, 9.17) is 4.74 Å². The number of nitrogens with one attached hydrogen (secondary N) is 1. The van der Waals surface area contributed by atoms with Crippen molar-refractivity contribution in [3.05, 3.63) is 28.2 Å². The Kier molecular flexibility index (Phi) is 7.42. The molecule has 0 aromatic heterocycles. The first-order valence-electron chi connectivity index (χ1n) is 6.77. The first-order valence-corrected chi connectivity index (χ1v) is 7.56. The first-order chi connectivity index (χ1) is 9.06. The lowest BCUT2D eigenvalue weighted by Crippen LogP contribution is -2.34. The van der Waals surface area contributed by atoms with Gasteiger partial charge >= 0.3 is 0 Å². The SMILES string of the molecule is CCNC(CCN(C)C)Cc1ccc(OC)c(Br)c1. The van der Waals surface area contributed by atoms with E-state index in [0.717, 1.165) is 36.2 Å². The third kappa shape index (κ3) is 5.93. The molecule has 4 heteroatoms. The van der Waals surface area contributed by atoms with Gasteiger partial charge in [-0.15, -0.1) is 0 Å². The summed E-state index contributed by atoms with van der Waals surface area (Å²) >= 11 is 3.54. The molecule has 1 atom stereocenters. The largest absolute Gasteiger partial charge is 0.496 e. The molecule has 0 aliphatic rings. The van der Waals surface area contributed by atoms with Gasteiger partial charge in [0.05, 0.1) is 11.6 Å². The molecule has 0 radical (unpaired) electrons. The Hall–Kier alpha value is -0.580. The van der Waals surface area contributed by atoms with Crippen LogP contribution >= 0.6 is 15.9 Å². The Labute approximate surface area is 125 Å². The Morgan fingerprint density at radius 3 is 2.63 bits per heavy atom. The van der Waals surface area contributed by atoms with Gasteiger partial charge in [-0.2, -0.15) is 0 Å². The number of likely N-dealkylation sites (N-methyl/N-ethyl adjacent to an activating group) is 1. The van der Waals surface area contributed by atoms with Crippen molar-refractivity contribution in [1.29, 1.82) is 0 Å². The molecule has 1 unspecified atom stereocenters. The van der Waals surface area contributed by atoms with Crippen molar-refractivity contribution in [1.82, 2.24) is 10.2 Å². The van der Waals surface area contributed by atoms with Crippen LogP contribution in [0.2, 0.25) is 0 Å². The van der Waals surface area contributed by atoms with Gasteiger partial charge in [-0.25, -0.2) is 0 Å². The second-order valence-electron chi connectivity index (χ2n) is 5.02. The topological polar surface area (TPSA) is 24.5 Å². The summed E-state index contributed by atoms with van der Waals surface area (Å²) in [7, 11) is 5.93. The number of benzene rings is 1. The van der Waals surface area contributed by atoms with Crippen LogP contribution in [0.25, 0.3) is 0 Å². The van der Waals surface area contributed by atoms with Gasteiger partial charge in [0.15, 0.2) is 0 Å². The number of rotatable bonds is 8. The predicted molar refractivity (Wildman–Crippen MR) is 85.0 cm³/mol. The zero-order chi connectivity index (χ0) is 14.3. The third-order valence-corrected chi connectivity index (χ3v) is 3.74. The zero-order valence-corrected chi connectivity index (χ0v) is 14.0. The van der Waals surface area contributed by atoms with Gasteiger partial charge < -0.3 is 15.0 Å². The molecule has 1 N–H and O–H groups in total. The first kappa shape index (κ1) is 16.5. The number of hydrogen-bond acceptors (Lipinski definition) is 3. The third-order valence-electron chi connectivity index (χ3n) is 3.12. The fraction of sp³-hybridized carbons (Fsp3) is 0.600. The van der Waals surface area contributed by atoms with Gasteiger partial charge in [0, 0.05) is 6.04 Å². The lowest BCUT2D eigenvalue weighted by molar-refractivity contribution is 0.358. The second kappa shape index (κ2) is 8.56. The van der Waals surface area contributed by atoms with Crippen LogP contribution in [0.5, 0.6) is 5.75 Å². The molecule has 0 aliphatic carbocycles. The van der Waals surface area contributed by atoms with Crippen molar-refractivity contribution in [3.8, 4) is 5.75 Å². The minimum atomic E-state index is 0.521. The lowest BCUT2D eigenvalue weighted by Gasteiger charge is -2.20. The maximum absolute atomic E-state index is 5.26. The summed E-state index contributed by atoms with van der Waals surface area (Å²) in [5, 5.41) is 3.56. The summed E-state index contributed by atoms with van der Waals surface area (Å²) in [4.78, 5) is 2.23. The Morgan fingerprint density at radius 1 is 1.37 bits per heavy atom. The normalized spacial score (nSPS) is 12.7. The van der Waals surface area contributed by atoms with E-state index in [1.54, 1.807) is 7.11 Å². The van der Waals surface area contributed by atoms with Crippen LogP contribution in [0.4, 0.5) is 0 Å². The van der Waals surface area contributed by atoms with Crippen molar-refractivity contribution < 1.29 is 4.74 Å². The summed E-state index contributed by atoms with van der Waals surface area (Å²) < 4.78 is 6.29. The van der Waals surface area contributed by atoms with E-state index in [0.29, 0.717) is 6.04 Å². The Morgan fingerprint density at radius 2 is 2.11 bits per heavy atom. The molecule has 0 aliphatic heterocycles. The van der Waals surface area contributed by atoms with Gasteiger partial charge in [-0.1, -0.05) is 13.0 Å². The van der Waals surface area contributed by atoms with E-state index in [9.17, 15) is 0 Å². The van der Waals surface area contributed by atoms with Crippen molar-refractivity contribution in [2.45, 2.75) is 25.8 Å². The average molecular weight is 329 g/mol.